The zero-order valence-electron chi connectivity index (χ0n) is 6.58. The van der Waals surface area contributed by atoms with Crippen molar-refractivity contribution in [3.63, 3.8) is 0 Å². The average Bonchev–Trinajstić information content (AvgIpc) is 2.48. The van der Waals surface area contributed by atoms with Crippen LogP contribution in [0.2, 0.25) is 0 Å². The van der Waals surface area contributed by atoms with E-state index in [-0.39, 0.29) is 6.10 Å². The van der Waals surface area contributed by atoms with Crippen LogP contribution in [0.3, 0.4) is 0 Å². The van der Waals surface area contributed by atoms with Gasteiger partial charge in [-0.05, 0) is 24.5 Å². The Balaban J connectivity index is 2.28. The fraction of sp³-hybridized carbons (Fsp3) is 0.625. The van der Waals surface area contributed by atoms with E-state index in [1.54, 1.807) is 7.11 Å². The first kappa shape index (κ1) is 8.43. The maximum Gasteiger partial charge on any atom is 0.147 e. The summed E-state index contributed by atoms with van der Waals surface area (Å²) < 4.78 is 9.96. The van der Waals surface area contributed by atoms with Gasteiger partial charge in [0.15, 0.2) is 0 Å². The van der Waals surface area contributed by atoms with Crippen molar-refractivity contribution in [1.82, 2.24) is 0 Å². The second kappa shape index (κ2) is 4.26. The van der Waals surface area contributed by atoms with Crippen LogP contribution in [0.5, 0.6) is 0 Å². The van der Waals surface area contributed by atoms with Crippen molar-refractivity contribution in [2.45, 2.75) is 18.9 Å². The Morgan fingerprint density at radius 1 is 1.82 bits per heavy atom. The molecule has 1 rings (SSSR count). The molecular formula is C8H12O3. The third-order valence-corrected chi connectivity index (χ3v) is 1.67. The van der Waals surface area contributed by atoms with Gasteiger partial charge in [0.05, 0.1) is 6.10 Å². The van der Waals surface area contributed by atoms with Crippen molar-refractivity contribution < 1.29 is 14.3 Å². The number of aldehydes is 1. The van der Waals surface area contributed by atoms with Gasteiger partial charge < -0.3 is 9.47 Å². The molecule has 0 amide bonds. The van der Waals surface area contributed by atoms with Crippen molar-refractivity contribution in [2.75, 3.05) is 13.9 Å². The molecule has 1 atom stereocenters. The van der Waals surface area contributed by atoms with E-state index in [2.05, 4.69) is 0 Å². The molecule has 1 aliphatic rings. The highest BCUT2D eigenvalue weighted by atomic mass is 16.7. The number of rotatable bonds is 4. The van der Waals surface area contributed by atoms with Gasteiger partial charge in [-0.2, -0.15) is 0 Å². The molecule has 3 nitrogen and oxygen atoms in total. The first-order valence-electron chi connectivity index (χ1n) is 3.63. The fourth-order valence-electron chi connectivity index (χ4n) is 1.10. The van der Waals surface area contributed by atoms with E-state index in [0.29, 0.717) is 6.79 Å². The van der Waals surface area contributed by atoms with Crippen LogP contribution in [0, 0.1) is 0 Å². The smallest absolute Gasteiger partial charge is 0.147 e. The molecule has 0 aromatic rings. The van der Waals surface area contributed by atoms with Gasteiger partial charge in [-0.1, -0.05) is 0 Å². The van der Waals surface area contributed by atoms with E-state index in [0.717, 1.165) is 24.7 Å². The van der Waals surface area contributed by atoms with Crippen LogP contribution in [0.25, 0.3) is 0 Å². The van der Waals surface area contributed by atoms with Crippen molar-refractivity contribution in [2.24, 2.45) is 0 Å². The Hall–Kier alpha value is -0.670. The largest absolute Gasteiger partial charge is 0.359 e. The summed E-state index contributed by atoms with van der Waals surface area (Å²) in [6, 6.07) is 0. The molecule has 0 unspecified atom stereocenters. The first-order valence-corrected chi connectivity index (χ1v) is 3.63. The van der Waals surface area contributed by atoms with E-state index in [9.17, 15) is 4.79 Å². The van der Waals surface area contributed by atoms with Crippen molar-refractivity contribution in [3.8, 4) is 0 Å². The van der Waals surface area contributed by atoms with E-state index in [1.807, 2.05) is 6.08 Å². The summed E-state index contributed by atoms with van der Waals surface area (Å²) >= 11 is 0. The molecule has 3 heteroatoms. The Morgan fingerprint density at radius 3 is 3.18 bits per heavy atom. The van der Waals surface area contributed by atoms with Crippen LogP contribution in [0.4, 0.5) is 0 Å². The minimum atomic E-state index is 0.0788. The monoisotopic (exact) mass is 156 g/mol. The highest BCUT2D eigenvalue weighted by Gasteiger charge is 2.14. The fourth-order valence-corrected chi connectivity index (χ4v) is 1.10. The van der Waals surface area contributed by atoms with E-state index in [4.69, 9.17) is 9.47 Å². The molecule has 0 aliphatic heterocycles. The zero-order valence-corrected chi connectivity index (χ0v) is 6.58. The Bertz CT molecular complexity index is 163. The van der Waals surface area contributed by atoms with Gasteiger partial charge in [0.2, 0.25) is 0 Å². The highest BCUT2D eigenvalue weighted by Crippen LogP contribution is 2.18. The minimum Gasteiger partial charge on any atom is -0.359 e. The molecule has 0 N–H and O–H groups in total. The van der Waals surface area contributed by atoms with Crippen LogP contribution in [-0.4, -0.2) is 26.3 Å². The van der Waals surface area contributed by atoms with Gasteiger partial charge in [-0.15, -0.1) is 0 Å². The normalized spacial score (nSPS) is 23.4. The van der Waals surface area contributed by atoms with Gasteiger partial charge in [0.25, 0.3) is 0 Å². The van der Waals surface area contributed by atoms with Crippen LogP contribution >= 0.6 is 0 Å². The topological polar surface area (TPSA) is 35.5 Å². The zero-order chi connectivity index (χ0) is 8.10. The molecule has 0 saturated carbocycles. The third kappa shape index (κ3) is 2.44. The molecule has 0 saturated heterocycles. The van der Waals surface area contributed by atoms with Gasteiger partial charge in [0, 0.05) is 7.11 Å². The minimum absolute atomic E-state index is 0.0788. The number of carbonyl (C=O) groups excluding carboxylic acids is 1. The quantitative estimate of drug-likeness (QED) is 0.448. The molecule has 0 radical (unpaired) electrons. The summed E-state index contributed by atoms with van der Waals surface area (Å²) in [5.74, 6) is 0. The Morgan fingerprint density at radius 2 is 2.64 bits per heavy atom. The summed E-state index contributed by atoms with van der Waals surface area (Å²) in [6.45, 7) is 0.299. The summed E-state index contributed by atoms with van der Waals surface area (Å²) in [6.07, 6.45) is 4.55. The van der Waals surface area contributed by atoms with Gasteiger partial charge in [-0.3, -0.25) is 4.79 Å². The predicted molar refractivity (Wildman–Crippen MR) is 40.1 cm³/mol. The molecule has 62 valence electrons. The molecule has 0 fully saturated rings. The molecule has 0 heterocycles. The van der Waals surface area contributed by atoms with E-state index >= 15 is 0 Å². The lowest BCUT2D eigenvalue weighted by Gasteiger charge is -2.06. The van der Waals surface area contributed by atoms with E-state index < -0.39 is 0 Å². The van der Waals surface area contributed by atoms with E-state index in [1.165, 1.54) is 0 Å². The average molecular weight is 156 g/mol. The predicted octanol–water partition coefficient (Wildman–Crippen LogP) is 0.895. The highest BCUT2D eigenvalue weighted by molar-refractivity contribution is 5.74. The summed E-state index contributed by atoms with van der Waals surface area (Å²) in [5, 5.41) is 0. The molecule has 1 aliphatic carbocycles. The molecular weight excluding hydrogens is 144 g/mol. The Labute approximate surface area is 66.0 Å². The molecule has 0 aromatic carbocycles. The summed E-state index contributed by atoms with van der Waals surface area (Å²) in [7, 11) is 1.58. The van der Waals surface area contributed by atoms with Crippen molar-refractivity contribution in [1.29, 1.82) is 0 Å². The van der Waals surface area contributed by atoms with Crippen molar-refractivity contribution >= 4 is 6.29 Å². The second-order valence-electron chi connectivity index (χ2n) is 2.51. The lowest BCUT2D eigenvalue weighted by atomic mass is 10.3. The first-order chi connectivity index (χ1) is 5.36. The van der Waals surface area contributed by atoms with Crippen LogP contribution in [0.15, 0.2) is 11.6 Å². The number of methoxy groups -OCH3 is 1. The Kier molecular flexibility index (Phi) is 3.26. The van der Waals surface area contributed by atoms with Gasteiger partial charge >= 0.3 is 0 Å². The number of allylic oxidation sites excluding steroid dienone is 1. The van der Waals surface area contributed by atoms with Gasteiger partial charge in [0.1, 0.15) is 13.1 Å². The third-order valence-electron chi connectivity index (χ3n) is 1.67. The molecule has 0 aromatic heterocycles. The lowest BCUT2D eigenvalue weighted by molar-refractivity contribution is -0.105. The summed E-state index contributed by atoms with van der Waals surface area (Å²) in [5.41, 5.74) is 0.839. The maximum absolute atomic E-state index is 10.3. The molecule has 0 bridgehead atoms. The molecule has 0 spiro atoms. The van der Waals surface area contributed by atoms with Crippen LogP contribution < -0.4 is 0 Å². The number of hydrogen-bond acceptors (Lipinski definition) is 3. The number of ether oxygens (including phenoxy) is 2. The maximum atomic E-state index is 10.3. The number of carbonyl (C=O) groups is 1. The summed E-state index contributed by atoms with van der Waals surface area (Å²) in [4.78, 5) is 10.3. The number of hydrogen-bond donors (Lipinski definition) is 0. The molecule has 11 heavy (non-hydrogen) atoms. The van der Waals surface area contributed by atoms with Crippen LogP contribution in [-0.2, 0) is 14.3 Å². The van der Waals surface area contributed by atoms with Gasteiger partial charge in [-0.25, -0.2) is 0 Å². The SMILES string of the molecule is COCO[C@H]1C=C(C=O)CC1. The van der Waals surface area contributed by atoms with Crippen LogP contribution in [0.1, 0.15) is 12.8 Å². The van der Waals surface area contributed by atoms with Crippen molar-refractivity contribution in [3.05, 3.63) is 11.6 Å². The lowest BCUT2D eigenvalue weighted by Crippen LogP contribution is -2.08. The standard InChI is InChI=1S/C8H12O3/c1-10-6-11-8-3-2-7(4-8)5-9/h4-5,8H,2-3,6H2,1H3/t8-/m1/s1. The second-order valence-corrected chi connectivity index (χ2v) is 2.51.